The van der Waals surface area contributed by atoms with E-state index >= 15 is 0 Å². The first-order valence-electron chi connectivity index (χ1n) is 27.9. The van der Waals surface area contributed by atoms with Crippen LogP contribution in [-0.2, 0) is 23.9 Å². The summed E-state index contributed by atoms with van der Waals surface area (Å²) in [5.41, 5.74) is 2.09. The summed E-state index contributed by atoms with van der Waals surface area (Å²) < 4.78 is 11.4. The lowest BCUT2D eigenvalue weighted by Gasteiger charge is -2.38. The van der Waals surface area contributed by atoms with Gasteiger partial charge in [0.15, 0.2) is 0 Å². The van der Waals surface area contributed by atoms with Crippen molar-refractivity contribution in [2.24, 2.45) is 0 Å². The Morgan fingerprint density at radius 1 is 0.606 bits per heavy atom. The van der Waals surface area contributed by atoms with Gasteiger partial charge >= 0.3 is 5.97 Å². The molecule has 0 saturated heterocycles. The maximum absolute atomic E-state index is 13.0. The van der Waals surface area contributed by atoms with Crippen LogP contribution in [-0.4, -0.2) is 99.7 Å². The zero-order chi connectivity index (χ0) is 48.9. The molecule has 388 valence electrons. The van der Waals surface area contributed by atoms with Crippen molar-refractivity contribution in [1.82, 2.24) is 25.6 Å². The van der Waals surface area contributed by atoms with E-state index in [1.54, 1.807) is 17.1 Å². The van der Waals surface area contributed by atoms with Crippen molar-refractivity contribution in [3.8, 4) is 0 Å². The third-order valence-corrected chi connectivity index (χ3v) is 13.5. The third-order valence-electron chi connectivity index (χ3n) is 13.5. The van der Waals surface area contributed by atoms with Gasteiger partial charge in [0.05, 0.1) is 17.5 Å². The Hall–Kier alpha value is -2.59. The zero-order valence-corrected chi connectivity index (χ0v) is 44.9. The minimum atomic E-state index is -0.0647. The van der Waals surface area contributed by atoms with E-state index in [2.05, 4.69) is 49.8 Å². The number of nitrogens with zero attached hydrogens (tertiary/aromatic N) is 3. The van der Waals surface area contributed by atoms with Gasteiger partial charge in [-0.1, -0.05) is 176 Å². The molecule has 0 aromatic rings. The van der Waals surface area contributed by atoms with E-state index in [-0.39, 0.29) is 18.0 Å². The van der Waals surface area contributed by atoms with Gasteiger partial charge in [-0.15, -0.1) is 0 Å². The number of unbranched alkanes of at least 4 members (excludes halogenated alkanes) is 24. The molecule has 10 heteroatoms. The van der Waals surface area contributed by atoms with E-state index in [0.717, 1.165) is 102 Å². The molecule has 1 unspecified atom stereocenters. The number of hydrogen-bond acceptors (Lipinski definition) is 9. The quantitative estimate of drug-likeness (QED) is 0.0351. The molecule has 0 aromatic carbocycles. The SMILES string of the molecule is C=C1C(NC)=C(NCCCN(CCCCCCCC=O)CCCCCCCC(=O)OC(CCCCCCCC)CCCCCCCC)C(=O)N(C)N1C.CCCCCCCCC(CC)OC. The zero-order valence-electron chi connectivity index (χ0n) is 44.9. The number of amides is 1. The Bertz CT molecular complexity index is 1180. The van der Waals surface area contributed by atoms with E-state index in [1.807, 2.05) is 21.2 Å². The first kappa shape index (κ1) is 63.4. The van der Waals surface area contributed by atoms with E-state index < -0.39 is 0 Å². The summed E-state index contributed by atoms with van der Waals surface area (Å²) in [6.45, 7) is 17.0. The molecule has 0 fully saturated rings. The molecule has 0 aromatic heterocycles. The van der Waals surface area contributed by atoms with Crippen molar-refractivity contribution in [3.05, 3.63) is 23.7 Å². The van der Waals surface area contributed by atoms with Crippen molar-refractivity contribution in [2.45, 2.75) is 265 Å². The van der Waals surface area contributed by atoms with Gasteiger partial charge in [0, 0.05) is 47.6 Å². The first-order chi connectivity index (χ1) is 32.1. The number of carbonyl (C=O) groups is 3. The molecular weight excluding hydrogens is 823 g/mol. The molecule has 1 heterocycles. The van der Waals surface area contributed by atoms with Gasteiger partial charge in [0.25, 0.3) is 5.91 Å². The molecule has 0 saturated carbocycles. The lowest BCUT2D eigenvalue weighted by molar-refractivity contribution is -0.150. The fourth-order valence-corrected chi connectivity index (χ4v) is 8.86. The van der Waals surface area contributed by atoms with Gasteiger partial charge in [-0.3, -0.25) is 19.6 Å². The van der Waals surface area contributed by atoms with Crippen molar-refractivity contribution in [2.75, 3.05) is 54.4 Å². The molecule has 0 aliphatic carbocycles. The van der Waals surface area contributed by atoms with Crippen LogP contribution in [0.1, 0.15) is 252 Å². The molecule has 0 radical (unpaired) electrons. The highest BCUT2D eigenvalue weighted by molar-refractivity contribution is 5.95. The molecule has 1 aliphatic heterocycles. The third kappa shape index (κ3) is 33.8. The summed E-state index contributed by atoms with van der Waals surface area (Å²) in [6, 6.07) is 0. The molecule has 66 heavy (non-hydrogen) atoms. The predicted octanol–water partition coefficient (Wildman–Crippen LogP) is 14.0. The standard InChI is InChI=1S/C44H83N5O4.C12H26O/c1-7-9-11-13-18-24-31-40(32-25-19-14-12-10-8-2)53-41(51)33-26-20-17-22-28-36-49(35-27-21-15-16-23-29-38-50)37-30-34-46-43-42(45-4)39(3)47(5)48(6)44(43)52;1-4-6-7-8-9-10-11-12(5-2)13-3/h38,40,45-46H,3,7-37H2,1-2,4-6H3;12H,4-11H2,1-3H3. The Kier molecular flexibility index (Phi) is 44.3. The number of methoxy groups -OCH3 is 1. The van der Waals surface area contributed by atoms with E-state index in [0.29, 0.717) is 31.2 Å². The second kappa shape index (κ2) is 46.2. The fourth-order valence-electron chi connectivity index (χ4n) is 8.86. The number of carbonyl (C=O) groups excluding carboxylic acids is 3. The maximum atomic E-state index is 13.0. The van der Waals surface area contributed by atoms with Crippen molar-refractivity contribution >= 4 is 18.2 Å². The largest absolute Gasteiger partial charge is 0.462 e. The molecular formula is C56H109N5O5. The number of hydrazine groups is 1. The van der Waals surface area contributed by atoms with Gasteiger partial charge in [-0.05, 0) is 90.3 Å². The highest BCUT2D eigenvalue weighted by Gasteiger charge is 2.30. The van der Waals surface area contributed by atoms with Crippen LogP contribution in [0.25, 0.3) is 0 Å². The highest BCUT2D eigenvalue weighted by atomic mass is 16.5. The molecule has 0 spiro atoms. The van der Waals surface area contributed by atoms with Crippen LogP contribution in [0.4, 0.5) is 0 Å². The number of ether oxygens (including phenoxy) is 2. The molecule has 1 rings (SSSR count). The van der Waals surface area contributed by atoms with E-state index in [1.165, 1.54) is 148 Å². The predicted molar refractivity (Wildman–Crippen MR) is 281 cm³/mol. The minimum absolute atomic E-state index is 0.00779. The average Bonchev–Trinajstić information content (AvgIpc) is 3.32. The molecule has 0 bridgehead atoms. The van der Waals surface area contributed by atoms with Crippen LogP contribution in [0.2, 0.25) is 0 Å². The Labute approximate surface area is 408 Å². The number of rotatable bonds is 46. The lowest BCUT2D eigenvalue weighted by atomic mass is 10.0. The summed E-state index contributed by atoms with van der Waals surface area (Å²) in [5, 5.41) is 9.90. The second-order valence-corrected chi connectivity index (χ2v) is 19.2. The lowest BCUT2D eigenvalue weighted by Crippen LogP contribution is -2.50. The maximum Gasteiger partial charge on any atom is 0.306 e. The van der Waals surface area contributed by atoms with Gasteiger partial charge < -0.3 is 29.8 Å². The normalized spacial score (nSPS) is 13.4. The van der Waals surface area contributed by atoms with Gasteiger partial charge in [-0.2, -0.15) is 0 Å². The van der Waals surface area contributed by atoms with E-state index in [9.17, 15) is 14.4 Å². The molecule has 2 N–H and O–H groups in total. The summed E-state index contributed by atoms with van der Waals surface area (Å²) in [4.78, 5) is 39.0. The van der Waals surface area contributed by atoms with Gasteiger partial charge in [-0.25, -0.2) is 0 Å². The van der Waals surface area contributed by atoms with E-state index in [4.69, 9.17) is 9.47 Å². The summed E-state index contributed by atoms with van der Waals surface area (Å²) in [7, 11) is 7.25. The molecule has 1 atom stereocenters. The summed E-state index contributed by atoms with van der Waals surface area (Å²) in [5.74, 6) is -0.0569. The monoisotopic (exact) mass is 932 g/mol. The Morgan fingerprint density at radius 2 is 1.05 bits per heavy atom. The van der Waals surface area contributed by atoms with Crippen LogP contribution in [0.5, 0.6) is 0 Å². The summed E-state index contributed by atoms with van der Waals surface area (Å²) in [6.07, 6.45) is 43.0. The Balaban J connectivity index is 0.00000280. The van der Waals surface area contributed by atoms with Crippen molar-refractivity contribution in [1.29, 1.82) is 0 Å². The number of hydrogen-bond donors (Lipinski definition) is 2. The fraction of sp³-hybridized carbons (Fsp3) is 0.875. The molecule has 1 aliphatic rings. The average molecular weight is 933 g/mol. The van der Waals surface area contributed by atoms with Crippen LogP contribution in [0, 0.1) is 0 Å². The molecule has 1 amide bonds. The topological polar surface area (TPSA) is 103 Å². The molecule has 10 nitrogen and oxygen atoms in total. The number of aldehydes is 1. The van der Waals surface area contributed by atoms with Crippen molar-refractivity contribution < 1.29 is 23.9 Å². The van der Waals surface area contributed by atoms with Crippen LogP contribution in [0.15, 0.2) is 23.7 Å². The van der Waals surface area contributed by atoms with Gasteiger partial charge in [0.1, 0.15) is 18.1 Å². The number of likely N-dealkylation sites (N-methyl/N-ethyl adjacent to an activating group) is 3. The smallest absolute Gasteiger partial charge is 0.306 e. The van der Waals surface area contributed by atoms with Crippen molar-refractivity contribution in [3.63, 3.8) is 0 Å². The van der Waals surface area contributed by atoms with Crippen LogP contribution >= 0.6 is 0 Å². The van der Waals surface area contributed by atoms with Crippen LogP contribution in [0.3, 0.4) is 0 Å². The number of esters is 1. The minimum Gasteiger partial charge on any atom is -0.462 e. The Morgan fingerprint density at radius 3 is 1.52 bits per heavy atom. The second-order valence-electron chi connectivity index (χ2n) is 19.2. The highest BCUT2D eigenvalue weighted by Crippen LogP contribution is 2.22. The van der Waals surface area contributed by atoms with Crippen LogP contribution < -0.4 is 10.6 Å². The summed E-state index contributed by atoms with van der Waals surface area (Å²) >= 11 is 0. The first-order valence-corrected chi connectivity index (χ1v) is 27.9. The number of nitrogens with one attached hydrogen (secondary N) is 2. The van der Waals surface area contributed by atoms with Gasteiger partial charge in [0.2, 0.25) is 0 Å².